The Kier molecular flexibility index (Phi) is 9.48. The molecule has 17 heteroatoms. The van der Waals surface area contributed by atoms with E-state index in [0.29, 0.717) is 22.6 Å². The monoisotopic (exact) mass is 697 g/mol. The molecule has 3 aromatic carbocycles. The molecule has 0 saturated carbocycles. The van der Waals surface area contributed by atoms with Crippen LogP contribution >= 0.6 is 34.7 Å². The molecule has 0 N–H and O–H groups in total. The van der Waals surface area contributed by atoms with Crippen LogP contribution in [-0.4, -0.2) is 43.0 Å². The van der Waals surface area contributed by atoms with Crippen LogP contribution in [-0.2, 0) is 22.7 Å². The number of rotatable bonds is 10. The maximum absolute atomic E-state index is 15.7. The molecule has 0 aliphatic heterocycles. The number of methoxy groups -OCH3 is 2. The molecular weight excluding hydrogens is 678 g/mol. The van der Waals surface area contributed by atoms with Crippen molar-refractivity contribution in [2.24, 2.45) is 0 Å². The lowest BCUT2D eigenvalue weighted by molar-refractivity contribution is -0.137. The Bertz CT molecular complexity index is 1930. The molecular formula is C28H20ClF4N5O4S3. The lowest BCUT2D eigenvalue weighted by Crippen LogP contribution is -2.31. The van der Waals surface area contributed by atoms with E-state index in [-0.39, 0.29) is 32.1 Å². The Morgan fingerprint density at radius 2 is 1.78 bits per heavy atom. The van der Waals surface area contributed by atoms with Crippen LogP contribution in [0.2, 0.25) is 5.02 Å². The quantitative estimate of drug-likeness (QED) is 0.138. The minimum atomic E-state index is -4.63. The van der Waals surface area contributed by atoms with Crippen LogP contribution in [0.5, 0.6) is 11.5 Å². The van der Waals surface area contributed by atoms with Gasteiger partial charge in [-0.3, -0.25) is 0 Å². The predicted molar refractivity (Wildman–Crippen MR) is 161 cm³/mol. The molecule has 0 amide bonds. The van der Waals surface area contributed by atoms with Gasteiger partial charge in [-0.2, -0.15) is 23.4 Å². The standard InChI is InChI=1S/C28H20ClF4N5O4S3/c1-41-19-5-3-17(23(10-19)42-2)14-38(27-37-36-15-43-27)45(39,40)26-11-21(29)25(12-22(26)30)44-24-6-4-18(28(31,32)33)9-20(24)16-7-8-34-35-13-16/h3-13,15H,14H2,1-2H3. The Balaban J connectivity index is 1.54. The minimum Gasteiger partial charge on any atom is -0.497 e. The van der Waals surface area contributed by atoms with Gasteiger partial charge in [0.25, 0.3) is 10.0 Å². The third-order valence-electron chi connectivity index (χ3n) is 6.35. The maximum Gasteiger partial charge on any atom is 0.416 e. The fourth-order valence-electron chi connectivity index (χ4n) is 4.16. The first kappa shape index (κ1) is 32.4. The zero-order valence-electron chi connectivity index (χ0n) is 23.1. The first-order valence-corrected chi connectivity index (χ1v) is 16.1. The number of benzene rings is 3. The molecule has 0 atom stereocenters. The van der Waals surface area contributed by atoms with Gasteiger partial charge in [0.05, 0.1) is 43.7 Å². The van der Waals surface area contributed by atoms with Crippen molar-refractivity contribution < 1.29 is 35.5 Å². The number of nitrogens with zero attached hydrogens (tertiary/aromatic N) is 5. The third-order valence-corrected chi connectivity index (χ3v) is 10.5. The van der Waals surface area contributed by atoms with Crippen molar-refractivity contribution in [1.29, 1.82) is 0 Å². The number of sulfonamides is 1. The molecule has 0 saturated heterocycles. The van der Waals surface area contributed by atoms with E-state index in [1.54, 1.807) is 18.2 Å². The van der Waals surface area contributed by atoms with Crippen molar-refractivity contribution in [1.82, 2.24) is 20.4 Å². The van der Waals surface area contributed by atoms with Crippen LogP contribution in [0.15, 0.2) is 87.2 Å². The van der Waals surface area contributed by atoms with Crippen LogP contribution in [0, 0.1) is 5.82 Å². The van der Waals surface area contributed by atoms with E-state index in [4.69, 9.17) is 21.1 Å². The van der Waals surface area contributed by atoms with Crippen molar-refractivity contribution >= 4 is 49.9 Å². The summed E-state index contributed by atoms with van der Waals surface area (Å²) < 4.78 is 95.6. The highest BCUT2D eigenvalue weighted by Crippen LogP contribution is 2.43. The van der Waals surface area contributed by atoms with E-state index in [1.165, 1.54) is 44.3 Å². The molecule has 0 aliphatic carbocycles. The summed E-state index contributed by atoms with van der Waals surface area (Å²) in [6, 6.07) is 11.2. The molecule has 2 aromatic heterocycles. The van der Waals surface area contributed by atoms with Crippen LogP contribution in [0.3, 0.4) is 0 Å². The fourth-order valence-corrected chi connectivity index (χ4v) is 7.73. The van der Waals surface area contributed by atoms with Gasteiger partial charge < -0.3 is 9.47 Å². The zero-order valence-corrected chi connectivity index (χ0v) is 26.3. The van der Waals surface area contributed by atoms with Gasteiger partial charge in [0.1, 0.15) is 27.7 Å². The fraction of sp³-hybridized carbons (Fsp3) is 0.143. The highest BCUT2D eigenvalue weighted by Gasteiger charge is 2.33. The number of anilines is 1. The highest BCUT2D eigenvalue weighted by molar-refractivity contribution is 7.99. The molecule has 0 bridgehead atoms. The van der Waals surface area contributed by atoms with Crippen LogP contribution in [0.1, 0.15) is 11.1 Å². The zero-order chi connectivity index (χ0) is 32.4. The van der Waals surface area contributed by atoms with Crippen molar-refractivity contribution in [3.63, 3.8) is 0 Å². The summed E-state index contributed by atoms with van der Waals surface area (Å²) in [5, 5.41) is 14.8. The number of aromatic nitrogens is 4. The largest absolute Gasteiger partial charge is 0.497 e. The third kappa shape index (κ3) is 6.98. The van der Waals surface area contributed by atoms with Crippen LogP contribution in [0.25, 0.3) is 11.1 Å². The van der Waals surface area contributed by atoms with E-state index in [2.05, 4.69) is 20.4 Å². The second kappa shape index (κ2) is 13.2. The van der Waals surface area contributed by atoms with E-state index in [0.717, 1.165) is 51.7 Å². The smallest absolute Gasteiger partial charge is 0.416 e. The summed E-state index contributed by atoms with van der Waals surface area (Å²) in [6.45, 7) is -0.298. The molecule has 2 heterocycles. The molecule has 0 unspecified atom stereocenters. The average molecular weight is 698 g/mol. The summed E-state index contributed by atoms with van der Waals surface area (Å²) in [6.07, 6.45) is -2.01. The SMILES string of the molecule is COc1ccc(CN(c2nncs2)S(=O)(=O)c2cc(Cl)c(Sc3ccc(C(F)(F)F)cc3-c3ccnnc3)cc2F)c(OC)c1. The van der Waals surface area contributed by atoms with Gasteiger partial charge in [-0.05, 0) is 54.1 Å². The first-order chi connectivity index (χ1) is 21.4. The molecule has 5 aromatic rings. The Hall–Kier alpha value is -3.99. The van der Waals surface area contributed by atoms with Crippen molar-refractivity contribution in [3.05, 3.63) is 94.5 Å². The van der Waals surface area contributed by atoms with E-state index in [9.17, 15) is 21.6 Å². The van der Waals surface area contributed by atoms with Gasteiger partial charge >= 0.3 is 6.18 Å². The van der Waals surface area contributed by atoms with Gasteiger partial charge in [0.2, 0.25) is 5.13 Å². The predicted octanol–water partition coefficient (Wildman–Crippen LogP) is 7.37. The Labute approximate surface area is 267 Å². The van der Waals surface area contributed by atoms with Gasteiger partial charge in [-0.25, -0.2) is 17.1 Å². The maximum atomic E-state index is 15.7. The van der Waals surface area contributed by atoms with Gasteiger partial charge in [-0.15, -0.1) is 10.2 Å². The number of hydrogen-bond donors (Lipinski definition) is 0. The number of alkyl halides is 3. The van der Waals surface area contributed by atoms with E-state index in [1.807, 2.05) is 0 Å². The Morgan fingerprint density at radius 1 is 0.978 bits per heavy atom. The van der Waals surface area contributed by atoms with Gasteiger partial charge in [-0.1, -0.05) is 34.7 Å². The van der Waals surface area contributed by atoms with Gasteiger partial charge in [0.15, 0.2) is 0 Å². The van der Waals surface area contributed by atoms with E-state index < -0.39 is 32.5 Å². The normalized spacial score (nSPS) is 11.8. The molecule has 5 rings (SSSR count). The second-order valence-electron chi connectivity index (χ2n) is 9.07. The van der Waals surface area contributed by atoms with Crippen molar-refractivity contribution in [2.45, 2.75) is 27.4 Å². The summed E-state index contributed by atoms with van der Waals surface area (Å²) in [7, 11) is -1.76. The molecule has 0 spiro atoms. The molecule has 0 fully saturated rings. The van der Waals surface area contributed by atoms with Crippen LogP contribution < -0.4 is 13.8 Å². The highest BCUT2D eigenvalue weighted by atomic mass is 35.5. The lowest BCUT2D eigenvalue weighted by atomic mass is 10.0. The number of ether oxygens (including phenoxy) is 2. The van der Waals surface area contributed by atoms with Crippen molar-refractivity contribution in [2.75, 3.05) is 18.5 Å². The number of hydrogen-bond acceptors (Lipinski definition) is 10. The summed E-state index contributed by atoms with van der Waals surface area (Å²) in [5.74, 6) is -0.346. The average Bonchev–Trinajstić information content (AvgIpc) is 3.56. The lowest BCUT2D eigenvalue weighted by Gasteiger charge is -2.23. The topological polar surface area (TPSA) is 107 Å². The van der Waals surface area contributed by atoms with Gasteiger partial charge in [0, 0.05) is 27.0 Å². The molecule has 9 nitrogen and oxygen atoms in total. The molecule has 234 valence electrons. The summed E-state index contributed by atoms with van der Waals surface area (Å²) >= 11 is 8.28. The first-order valence-electron chi connectivity index (χ1n) is 12.6. The van der Waals surface area contributed by atoms with Crippen LogP contribution in [0.4, 0.5) is 22.7 Å². The summed E-state index contributed by atoms with van der Waals surface area (Å²) in [4.78, 5) is -0.393. The van der Waals surface area contributed by atoms with E-state index >= 15 is 4.39 Å². The molecule has 45 heavy (non-hydrogen) atoms. The minimum absolute atomic E-state index is 0.0396. The Morgan fingerprint density at radius 3 is 2.42 bits per heavy atom. The van der Waals surface area contributed by atoms with Crippen molar-refractivity contribution in [3.8, 4) is 22.6 Å². The number of halogens is 5. The molecule has 0 aliphatic rings. The molecule has 0 radical (unpaired) electrons. The summed E-state index contributed by atoms with van der Waals surface area (Å²) in [5.41, 5.74) is 1.33. The second-order valence-corrected chi connectivity index (χ2v) is 13.2.